The highest BCUT2D eigenvalue weighted by Crippen LogP contribution is 2.36. The Morgan fingerprint density at radius 1 is 0.862 bits per heavy atom. The molecule has 1 heterocycles. The lowest BCUT2D eigenvalue weighted by Crippen LogP contribution is -2.17. The summed E-state index contributed by atoms with van der Waals surface area (Å²) in [5, 5.41) is 0. The maximum Gasteiger partial charge on any atom is 0.236 e. The van der Waals surface area contributed by atoms with E-state index in [9.17, 15) is 0 Å². The highest BCUT2D eigenvalue weighted by molar-refractivity contribution is 5.71. The minimum Gasteiger partial charge on any atom is -0.493 e. The molecule has 0 aliphatic heterocycles. The average Bonchev–Trinajstić information content (AvgIpc) is 2.71. The van der Waals surface area contributed by atoms with Crippen LogP contribution in [0.5, 0.6) is 17.4 Å². The number of aromatic nitrogens is 2. The summed E-state index contributed by atoms with van der Waals surface area (Å²) in [4.78, 5) is 9.85. The second kappa shape index (κ2) is 11.0. The fourth-order valence-electron chi connectivity index (χ4n) is 3.21. The summed E-state index contributed by atoms with van der Waals surface area (Å²) in [5.74, 6) is 2.23. The molecule has 0 amide bonds. The van der Waals surface area contributed by atoms with E-state index in [2.05, 4.69) is 27.7 Å². The van der Waals surface area contributed by atoms with E-state index in [0.717, 1.165) is 59.8 Å². The van der Waals surface area contributed by atoms with Gasteiger partial charge in [-0.15, -0.1) is 0 Å². The minimum atomic E-state index is 0.106. The van der Waals surface area contributed by atoms with Crippen LogP contribution in [0.4, 0.5) is 0 Å². The molecule has 0 fully saturated rings. The molecule has 2 aromatic rings. The molecule has 29 heavy (non-hydrogen) atoms. The van der Waals surface area contributed by atoms with Crippen molar-refractivity contribution >= 4 is 0 Å². The van der Waals surface area contributed by atoms with Crippen LogP contribution in [0.15, 0.2) is 18.2 Å². The number of ether oxygens (including phenoxy) is 3. The van der Waals surface area contributed by atoms with Crippen LogP contribution in [0.1, 0.15) is 72.7 Å². The Labute approximate surface area is 175 Å². The summed E-state index contributed by atoms with van der Waals surface area (Å²) in [5.41, 5.74) is 3.60. The minimum absolute atomic E-state index is 0.106. The molecular formula is C24H36N2O3. The molecule has 160 valence electrons. The van der Waals surface area contributed by atoms with Gasteiger partial charge in [-0.1, -0.05) is 27.7 Å². The number of nitrogens with zero attached hydrogens (tertiary/aromatic N) is 2. The van der Waals surface area contributed by atoms with Crippen molar-refractivity contribution in [1.82, 2.24) is 9.97 Å². The predicted octanol–water partition coefficient (Wildman–Crippen LogP) is 6.02. The SMILES string of the molecule is CCOc1cc(OC(C)C)ccc1-c1nc(CC)c(OC(CC)CC)nc1CC. The van der Waals surface area contributed by atoms with Crippen molar-refractivity contribution in [3.8, 4) is 28.6 Å². The van der Waals surface area contributed by atoms with Crippen molar-refractivity contribution in [2.24, 2.45) is 0 Å². The van der Waals surface area contributed by atoms with E-state index < -0.39 is 0 Å². The highest BCUT2D eigenvalue weighted by Gasteiger charge is 2.20. The van der Waals surface area contributed by atoms with Crippen LogP contribution in [0, 0.1) is 0 Å². The van der Waals surface area contributed by atoms with E-state index in [1.807, 2.05) is 39.0 Å². The quantitative estimate of drug-likeness (QED) is 0.461. The van der Waals surface area contributed by atoms with Crippen LogP contribution in [0.25, 0.3) is 11.3 Å². The summed E-state index contributed by atoms with van der Waals surface area (Å²) in [6, 6.07) is 5.94. The van der Waals surface area contributed by atoms with Gasteiger partial charge in [-0.3, -0.25) is 0 Å². The molecule has 0 saturated heterocycles. The largest absolute Gasteiger partial charge is 0.493 e. The molecule has 0 aliphatic carbocycles. The van der Waals surface area contributed by atoms with Crippen molar-refractivity contribution in [2.75, 3.05) is 6.61 Å². The van der Waals surface area contributed by atoms with Crippen LogP contribution in [0.2, 0.25) is 0 Å². The lowest BCUT2D eigenvalue weighted by Gasteiger charge is -2.20. The van der Waals surface area contributed by atoms with Crippen molar-refractivity contribution in [3.63, 3.8) is 0 Å². The number of benzene rings is 1. The van der Waals surface area contributed by atoms with Crippen LogP contribution in [-0.2, 0) is 12.8 Å². The second-order valence-corrected chi connectivity index (χ2v) is 7.29. The van der Waals surface area contributed by atoms with Gasteiger partial charge in [-0.25, -0.2) is 9.97 Å². The van der Waals surface area contributed by atoms with E-state index in [0.29, 0.717) is 12.5 Å². The average molecular weight is 401 g/mol. The van der Waals surface area contributed by atoms with Gasteiger partial charge in [0.15, 0.2) is 0 Å². The van der Waals surface area contributed by atoms with Crippen molar-refractivity contribution in [1.29, 1.82) is 0 Å². The lowest BCUT2D eigenvalue weighted by molar-refractivity contribution is 0.181. The summed E-state index contributed by atoms with van der Waals surface area (Å²) >= 11 is 0. The normalized spacial score (nSPS) is 11.2. The molecule has 0 saturated carbocycles. The first kappa shape index (κ1) is 23.0. The first-order valence-electron chi connectivity index (χ1n) is 11.0. The predicted molar refractivity (Wildman–Crippen MR) is 118 cm³/mol. The topological polar surface area (TPSA) is 53.5 Å². The molecule has 1 aromatic carbocycles. The van der Waals surface area contributed by atoms with Gasteiger partial charge in [0.05, 0.1) is 30.2 Å². The molecule has 2 rings (SSSR count). The van der Waals surface area contributed by atoms with E-state index in [1.54, 1.807) is 0 Å². The highest BCUT2D eigenvalue weighted by atomic mass is 16.5. The fraction of sp³-hybridized carbons (Fsp3) is 0.583. The van der Waals surface area contributed by atoms with Gasteiger partial charge in [0.25, 0.3) is 0 Å². The molecule has 0 unspecified atom stereocenters. The third-order valence-electron chi connectivity index (χ3n) is 4.74. The standard InChI is InChI=1S/C24H36N2O3/c1-8-17(9-2)29-24-21(11-4)25-23(20(10-3)26-24)19-14-13-18(28-16(6)7)15-22(19)27-12-5/h13-17H,8-12H2,1-7H3. The zero-order valence-corrected chi connectivity index (χ0v) is 19.0. The van der Waals surface area contributed by atoms with Crippen LogP contribution in [0.3, 0.4) is 0 Å². The third kappa shape index (κ3) is 5.84. The first-order valence-corrected chi connectivity index (χ1v) is 11.0. The Hall–Kier alpha value is -2.30. The molecule has 0 spiro atoms. The van der Waals surface area contributed by atoms with Gasteiger partial charge in [0.1, 0.15) is 17.2 Å². The molecule has 0 bridgehead atoms. The zero-order valence-electron chi connectivity index (χ0n) is 19.0. The van der Waals surface area contributed by atoms with Gasteiger partial charge >= 0.3 is 0 Å². The van der Waals surface area contributed by atoms with Gasteiger partial charge in [0, 0.05) is 11.6 Å². The summed E-state index contributed by atoms with van der Waals surface area (Å²) in [7, 11) is 0. The molecule has 0 N–H and O–H groups in total. The molecule has 5 heteroatoms. The molecule has 5 nitrogen and oxygen atoms in total. The Morgan fingerprint density at radius 3 is 2.10 bits per heavy atom. The van der Waals surface area contributed by atoms with Gasteiger partial charge in [-0.05, 0) is 58.6 Å². The molecule has 0 radical (unpaired) electrons. The van der Waals surface area contributed by atoms with Crippen molar-refractivity contribution < 1.29 is 14.2 Å². The summed E-state index contributed by atoms with van der Waals surface area (Å²) in [6.45, 7) is 15.0. The maximum atomic E-state index is 6.18. The number of rotatable bonds is 11. The third-order valence-corrected chi connectivity index (χ3v) is 4.74. The lowest BCUT2D eigenvalue weighted by atomic mass is 10.1. The van der Waals surface area contributed by atoms with E-state index in [1.165, 1.54) is 0 Å². The van der Waals surface area contributed by atoms with Crippen LogP contribution >= 0.6 is 0 Å². The van der Waals surface area contributed by atoms with Crippen molar-refractivity contribution in [3.05, 3.63) is 29.6 Å². The Balaban J connectivity index is 2.55. The van der Waals surface area contributed by atoms with Gasteiger partial charge in [-0.2, -0.15) is 0 Å². The molecule has 0 aliphatic rings. The Morgan fingerprint density at radius 2 is 1.55 bits per heavy atom. The second-order valence-electron chi connectivity index (χ2n) is 7.29. The van der Waals surface area contributed by atoms with Gasteiger partial charge < -0.3 is 14.2 Å². The van der Waals surface area contributed by atoms with E-state index >= 15 is 0 Å². The number of hydrogen-bond donors (Lipinski definition) is 0. The van der Waals surface area contributed by atoms with E-state index in [4.69, 9.17) is 24.2 Å². The molecule has 0 atom stereocenters. The van der Waals surface area contributed by atoms with Crippen LogP contribution < -0.4 is 14.2 Å². The Bertz CT molecular complexity index is 786. The zero-order chi connectivity index (χ0) is 21.4. The molecular weight excluding hydrogens is 364 g/mol. The van der Waals surface area contributed by atoms with Crippen molar-refractivity contribution in [2.45, 2.75) is 86.4 Å². The molecule has 1 aromatic heterocycles. The summed E-state index contributed by atoms with van der Waals surface area (Å²) in [6.07, 6.45) is 3.71. The fourth-order valence-corrected chi connectivity index (χ4v) is 3.21. The summed E-state index contributed by atoms with van der Waals surface area (Å²) < 4.78 is 18.0. The first-order chi connectivity index (χ1) is 14.0. The Kier molecular flexibility index (Phi) is 8.74. The van der Waals surface area contributed by atoms with E-state index in [-0.39, 0.29) is 12.2 Å². The monoisotopic (exact) mass is 400 g/mol. The van der Waals surface area contributed by atoms with Gasteiger partial charge in [0.2, 0.25) is 5.88 Å². The number of hydrogen-bond acceptors (Lipinski definition) is 5. The number of aryl methyl sites for hydroxylation is 2. The maximum absolute atomic E-state index is 6.18. The van der Waals surface area contributed by atoms with Crippen LogP contribution in [-0.4, -0.2) is 28.8 Å². The smallest absolute Gasteiger partial charge is 0.236 e.